The Labute approximate surface area is 94.0 Å². The highest BCUT2D eigenvalue weighted by atomic mass is 16.5. The molecule has 0 aromatic carbocycles. The summed E-state index contributed by atoms with van der Waals surface area (Å²) in [6.07, 6.45) is 1.58. The molecule has 4 nitrogen and oxygen atoms in total. The molecule has 0 unspecified atom stereocenters. The molecule has 1 rings (SSSR count). The minimum atomic E-state index is -0.202. The third-order valence-corrected chi connectivity index (χ3v) is 1.89. The highest BCUT2D eigenvalue weighted by Crippen LogP contribution is 2.15. The lowest BCUT2D eigenvalue weighted by atomic mass is 10.2. The maximum Gasteiger partial charge on any atom is 0.178 e. The molecule has 0 aliphatic carbocycles. The van der Waals surface area contributed by atoms with Crippen LogP contribution in [0.15, 0.2) is 24.8 Å². The highest BCUT2D eigenvalue weighted by Gasteiger charge is 2.09. The molecule has 84 valence electrons. The maximum atomic E-state index is 11.2. The van der Waals surface area contributed by atoms with Gasteiger partial charge in [-0.15, -0.1) is 0 Å². The van der Waals surface area contributed by atoms with Crippen LogP contribution in [0.4, 0.5) is 0 Å². The van der Waals surface area contributed by atoms with Crippen LogP contribution in [0.25, 0.3) is 0 Å². The van der Waals surface area contributed by atoms with Gasteiger partial charge in [0, 0.05) is 26.0 Å². The van der Waals surface area contributed by atoms with E-state index in [1.807, 2.05) is 0 Å². The molecular weight excluding hydrogens is 206 g/mol. The van der Waals surface area contributed by atoms with Crippen molar-refractivity contribution in [2.45, 2.75) is 13.8 Å². The van der Waals surface area contributed by atoms with Crippen molar-refractivity contribution >= 4 is 11.6 Å². The average Bonchev–Trinajstić information content (AvgIpc) is 2.25. The highest BCUT2D eigenvalue weighted by molar-refractivity contribution is 5.96. The molecular formula is C12H13NO3. The molecule has 0 saturated carbocycles. The van der Waals surface area contributed by atoms with E-state index in [2.05, 4.69) is 11.6 Å². The Morgan fingerprint density at radius 2 is 1.81 bits per heavy atom. The summed E-state index contributed by atoms with van der Waals surface area (Å²) < 4.78 is 5.27. The smallest absolute Gasteiger partial charge is 0.178 e. The summed E-state index contributed by atoms with van der Waals surface area (Å²) in [7, 11) is 0. The second kappa shape index (κ2) is 5.21. The second-order valence-corrected chi connectivity index (χ2v) is 3.29. The summed E-state index contributed by atoms with van der Waals surface area (Å²) in [6, 6.07) is 3.02. The Morgan fingerprint density at radius 1 is 1.31 bits per heavy atom. The van der Waals surface area contributed by atoms with Gasteiger partial charge in [0.1, 0.15) is 23.7 Å². The average molecular weight is 219 g/mol. The molecule has 0 bridgehead atoms. The van der Waals surface area contributed by atoms with Crippen molar-refractivity contribution in [1.29, 1.82) is 0 Å². The predicted octanol–water partition coefficient (Wildman–Crippen LogP) is 2.05. The van der Waals surface area contributed by atoms with Crippen LogP contribution in [0.5, 0.6) is 5.75 Å². The minimum absolute atomic E-state index is 0.202. The number of pyridine rings is 1. The fourth-order valence-electron chi connectivity index (χ4n) is 1.10. The molecule has 0 spiro atoms. The van der Waals surface area contributed by atoms with Gasteiger partial charge in [-0.3, -0.25) is 9.59 Å². The van der Waals surface area contributed by atoms with E-state index < -0.39 is 0 Å². The molecule has 0 aliphatic rings. The Morgan fingerprint density at radius 3 is 2.19 bits per heavy atom. The normalized spacial score (nSPS) is 9.62. The van der Waals surface area contributed by atoms with Crippen molar-refractivity contribution in [3.8, 4) is 5.75 Å². The van der Waals surface area contributed by atoms with Crippen LogP contribution in [0.1, 0.15) is 34.8 Å². The molecule has 1 heterocycles. The number of carbonyl (C=O) groups excluding carboxylic acids is 2. The third kappa shape index (κ3) is 3.02. The summed E-state index contributed by atoms with van der Waals surface area (Å²) in [5.74, 6) is 0.0448. The van der Waals surface area contributed by atoms with Crippen molar-refractivity contribution in [2.24, 2.45) is 0 Å². The predicted molar refractivity (Wildman–Crippen MR) is 59.9 cm³/mol. The van der Waals surface area contributed by atoms with Gasteiger partial charge in [-0.05, 0) is 0 Å². The Balaban J connectivity index is 3.13. The Bertz CT molecular complexity index is 406. The number of rotatable bonds is 5. The molecule has 16 heavy (non-hydrogen) atoms. The number of Topliss-reactive ketones (excluding diaryl/α,β-unsaturated/α-hetero) is 2. The largest absolute Gasteiger partial charge is 0.489 e. The molecule has 0 atom stereocenters. The molecule has 0 fully saturated rings. The lowest BCUT2D eigenvalue weighted by molar-refractivity contribution is 0.100. The number of hydrogen-bond donors (Lipinski definition) is 0. The van der Waals surface area contributed by atoms with Crippen molar-refractivity contribution in [1.82, 2.24) is 4.98 Å². The molecule has 1 aromatic heterocycles. The van der Waals surface area contributed by atoms with E-state index in [0.29, 0.717) is 12.4 Å². The van der Waals surface area contributed by atoms with Crippen LogP contribution < -0.4 is 4.74 Å². The minimum Gasteiger partial charge on any atom is -0.489 e. The van der Waals surface area contributed by atoms with Gasteiger partial charge >= 0.3 is 0 Å². The van der Waals surface area contributed by atoms with Gasteiger partial charge < -0.3 is 4.74 Å². The fourth-order valence-corrected chi connectivity index (χ4v) is 1.10. The van der Waals surface area contributed by atoms with E-state index in [1.54, 1.807) is 6.08 Å². The van der Waals surface area contributed by atoms with E-state index in [4.69, 9.17) is 4.74 Å². The summed E-state index contributed by atoms with van der Waals surface area (Å²) in [6.45, 7) is 6.62. The van der Waals surface area contributed by atoms with Crippen molar-refractivity contribution in [3.63, 3.8) is 0 Å². The van der Waals surface area contributed by atoms with E-state index in [1.165, 1.54) is 26.0 Å². The number of nitrogens with zero attached hydrogens (tertiary/aromatic N) is 1. The first-order chi connectivity index (χ1) is 7.54. The van der Waals surface area contributed by atoms with Crippen LogP contribution in [0.3, 0.4) is 0 Å². The first-order valence-corrected chi connectivity index (χ1v) is 4.82. The first-order valence-electron chi connectivity index (χ1n) is 4.82. The van der Waals surface area contributed by atoms with Gasteiger partial charge in [0.2, 0.25) is 0 Å². The standard InChI is InChI=1S/C12H13NO3/c1-4-5-16-10-6-11(8(2)14)13-12(7-10)9(3)15/h4,6-7H,1,5H2,2-3H3. The quantitative estimate of drug-likeness (QED) is 0.561. The van der Waals surface area contributed by atoms with E-state index in [9.17, 15) is 9.59 Å². The summed E-state index contributed by atoms with van der Waals surface area (Å²) in [5.41, 5.74) is 0.457. The SMILES string of the molecule is C=CCOc1cc(C(C)=O)nc(C(C)=O)c1. The maximum absolute atomic E-state index is 11.2. The third-order valence-electron chi connectivity index (χ3n) is 1.89. The molecule has 0 radical (unpaired) electrons. The van der Waals surface area contributed by atoms with Crippen molar-refractivity contribution < 1.29 is 14.3 Å². The first kappa shape index (κ1) is 12.1. The lowest BCUT2D eigenvalue weighted by Gasteiger charge is -2.06. The van der Waals surface area contributed by atoms with Crippen LogP contribution in [0, 0.1) is 0 Å². The van der Waals surface area contributed by atoms with E-state index >= 15 is 0 Å². The topological polar surface area (TPSA) is 56.3 Å². The van der Waals surface area contributed by atoms with Gasteiger partial charge in [0.25, 0.3) is 0 Å². The zero-order chi connectivity index (χ0) is 12.1. The zero-order valence-electron chi connectivity index (χ0n) is 9.32. The number of hydrogen-bond acceptors (Lipinski definition) is 4. The Kier molecular flexibility index (Phi) is 3.94. The van der Waals surface area contributed by atoms with Crippen LogP contribution in [0.2, 0.25) is 0 Å². The summed E-state index contributed by atoms with van der Waals surface area (Å²) in [4.78, 5) is 26.3. The van der Waals surface area contributed by atoms with Gasteiger partial charge in [-0.1, -0.05) is 12.7 Å². The monoisotopic (exact) mass is 219 g/mol. The van der Waals surface area contributed by atoms with E-state index in [-0.39, 0.29) is 23.0 Å². The molecule has 0 amide bonds. The van der Waals surface area contributed by atoms with Crippen LogP contribution >= 0.6 is 0 Å². The summed E-state index contributed by atoms with van der Waals surface area (Å²) in [5, 5.41) is 0. The number of ether oxygens (including phenoxy) is 1. The molecule has 0 saturated heterocycles. The molecule has 1 aromatic rings. The molecule has 0 N–H and O–H groups in total. The number of ketones is 2. The number of aromatic nitrogens is 1. The van der Waals surface area contributed by atoms with Crippen LogP contribution in [-0.2, 0) is 0 Å². The van der Waals surface area contributed by atoms with Crippen LogP contribution in [-0.4, -0.2) is 23.2 Å². The Hall–Kier alpha value is -1.97. The second-order valence-electron chi connectivity index (χ2n) is 3.29. The number of carbonyl (C=O) groups is 2. The summed E-state index contributed by atoms with van der Waals surface area (Å²) >= 11 is 0. The molecule has 4 heteroatoms. The van der Waals surface area contributed by atoms with Gasteiger partial charge in [0.05, 0.1) is 0 Å². The molecule has 0 aliphatic heterocycles. The zero-order valence-corrected chi connectivity index (χ0v) is 9.32. The van der Waals surface area contributed by atoms with Gasteiger partial charge in [0.15, 0.2) is 11.6 Å². The van der Waals surface area contributed by atoms with Gasteiger partial charge in [-0.2, -0.15) is 0 Å². The fraction of sp³-hybridized carbons (Fsp3) is 0.250. The van der Waals surface area contributed by atoms with Crippen molar-refractivity contribution in [3.05, 3.63) is 36.2 Å². The van der Waals surface area contributed by atoms with Gasteiger partial charge in [-0.25, -0.2) is 4.98 Å². The lowest BCUT2D eigenvalue weighted by Crippen LogP contribution is -2.05. The van der Waals surface area contributed by atoms with Crippen molar-refractivity contribution in [2.75, 3.05) is 6.61 Å². The van der Waals surface area contributed by atoms with E-state index in [0.717, 1.165) is 0 Å².